The highest BCUT2D eigenvalue weighted by molar-refractivity contribution is 14.1. The summed E-state index contributed by atoms with van der Waals surface area (Å²) in [6.45, 7) is 0. The fourth-order valence-electron chi connectivity index (χ4n) is 3.08. The van der Waals surface area contributed by atoms with Gasteiger partial charge in [0.1, 0.15) is 3.92 Å². The summed E-state index contributed by atoms with van der Waals surface area (Å²) >= 11 is 1.99. The first kappa shape index (κ1) is 8.15. The van der Waals surface area contributed by atoms with E-state index in [1.54, 1.807) is 0 Å². The molecule has 0 amide bonds. The summed E-state index contributed by atoms with van der Waals surface area (Å²) in [4.78, 5) is 23.4. The van der Waals surface area contributed by atoms with E-state index in [1.807, 2.05) is 22.6 Å². The van der Waals surface area contributed by atoms with Crippen LogP contribution in [0.5, 0.6) is 0 Å². The number of rotatable bonds is 0. The Balaban J connectivity index is 2.08. The number of fused-ring (bicyclic) bond motifs is 5. The Morgan fingerprint density at radius 2 is 1.54 bits per heavy atom. The first-order chi connectivity index (χ1) is 6.20. The Hall–Kier alpha value is -0.190. The van der Waals surface area contributed by atoms with Gasteiger partial charge in [0.2, 0.25) is 0 Å². The number of hydrogen-bond acceptors (Lipinski definition) is 2. The zero-order chi connectivity index (χ0) is 9.16. The van der Waals surface area contributed by atoms with Crippen molar-refractivity contribution in [1.82, 2.24) is 0 Å². The number of allylic oxidation sites excluding steroid dienone is 2. The van der Waals surface area contributed by atoms with Crippen molar-refractivity contribution in [2.24, 2.45) is 23.7 Å². The Morgan fingerprint density at radius 1 is 1.08 bits per heavy atom. The zero-order valence-electron chi connectivity index (χ0n) is 6.94. The molecule has 0 aromatic rings. The average molecular weight is 288 g/mol. The second-order valence-electron chi connectivity index (χ2n) is 4.17. The zero-order valence-corrected chi connectivity index (χ0v) is 9.10. The van der Waals surface area contributed by atoms with Gasteiger partial charge in [0.25, 0.3) is 0 Å². The summed E-state index contributed by atoms with van der Waals surface area (Å²) < 4.78 is -0.349. The van der Waals surface area contributed by atoms with E-state index in [2.05, 4.69) is 12.2 Å². The molecular weight excluding hydrogens is 279 g/mol. The summed E-state index contributed by atoms with van der Waals surface area (Å²) in [5.74, 6) is 1.23. The third-order valence-corrected chi connectivity index (χ3v) is 4.84. The van der Waals surface area contributed by atoms with Crippen molar-refractivity contribution in [1.29, 1.82) is 0 Å². The van der Waals surface area contributed by atoms with Gasteiger partial charge in [-0.2, -0.15) is 0 Å². The molecule has 0 heterocycles. The molecule has 0 aromatic carbocycles. The predicted molar refractivity (Wildman–Crippen MR) is 55.5 cm³/mol. The van der Waals surface area contributed by atoms with Crippen molar-refractivity contribution in [2.75, 3.05) is 0 Å². The van der Waals surface area contributed by atoms with Gasteiger partial charge in [0, 0.05) is 11.8 Å². The van der Waals surface area contributed by atoms with E-state index >= 15 is 0 Å². The Morgan fingerprint density at radius 3 is 2.00 bits per heavy atom. The lowest BCUT2D eigenvalue weighted by Crippen LogP contribution is -2.21. The fourth-order valence-corrected chi connectivity index (χ4v) is 3.91. The standard InChI is InChI=1S/C10H9IO2/c11-8-9(12)6-4-1-2-5(3-4)7(6)10(8)13/h1-2,4-8H,3H2. The van der Waals surface area contributed by atoms with Crippen LogP contribution in [0.25, 0.3) is 0 Å². The highest BCUT2D eigenvalue weighted by Crippen LogP contribution is 2.53. The van der Waals surface area contributed by atoms with E-state index < -0.39 is 0 Å². The van der Waals surface area contributed by atoms with Crippen LogP contribution in [0.15, 0.2) is 12.2 Å². The summed E-state index contributed by atoms with van der Waals surface area (Å²) in [6.07, 6.45) is 5.30. The van der Waals surface area contributed by atoms with Crippen LogP contribution in [0.3, 0.4) is 0 Å². The molecule has 2 saturated carbocycles. The molecule has 0 aliphatic heterocycles. The van der Waals surface area contributed by atoms with E-state index in [1.165, 1.54) is 0 Å². The van der Waals surface area contributed by atoms with E-state index in [0.29, 0.717) is 11.8 Å². The quantitative estimate of drug-likeness (QED) is 0.292. The van der Waals surface area contributed by atoms with Crippen molar-refractivity contribution in [3.05, 3.63) is 12.2 Å². The summed E-state index contributed by atoms with van der Waals surface area (Å²) in [6, 6.07) is 0. The SMILES string of the molecule is O=C1C(I)C(=O)C2C3C=CC(C3)C12. The molecule has 0 radical (unpaired) electrons. The topological polar surface area (TPSA) is 34.1 Å². The smallest absolute Gasteiger partial charge is 0.157 e. The second-order valence-corrected chi connectivity index (χ2v) is 5.41. The third-order valence-electron chi connectivity index (χ3n) is 3.62. The number of carbonyl (C=O) groups is 2. The van der Waals surface area contributed by atoms with Gasteiger partial charge in [-0.15, -0.1) is 0 Å². The number of halogens is 1. The Kier molecular flexibility index (Phi) is 1.53. The normalized spacial score (nSPS) is 51.9. The molecule has 0 aromatic heterocycles. The van der Waals surface area contributed by atoms with Gasteiger partial charge in [-0.05, 0) is 18.3 Å². The molecule has 3 rings (SSSR count). The molecule has 2 nitrogen and oxygen atoms in total. The first-order valence-corrected chi connectivity index (χ1v) is 5.84. The molecule has 2 fully saturated rings. The van der Waals surface area contributed by atoms with Gasteiger partial charge >= 0.3 is 0 Å². The molecule has 0 spiro atoms. The van der Waals surface area contributed by atoms with Crippen LogP contribution in [0.1, 0.15) is 6.42 Å². The average Bonchev–Trinajstić information content (AvgIpc) is 2.76. The molecule has 3 aliphatic carbocycles. The van der Waals surface area contributed by atoms with Crippen LogP contribution in [0, 0.1) is 23.7 Å². The van der Waals surface area contributed by atoms with Crippen LogP contribution < -0.4 is 0 Å². The number of Topliss-reactive ketones (excluding diaryl/α,β-unsaturated/α-hetero) is 2. The molecule has 68 valence electrons. The van der Waals surface area contributed by atoms with Crippen molar-refractivity contribution in [3.63, 3.8) is 0 Å². The first-order valence-electron chi connectivity index (χ1n) is 4.60. The maximum Gasteiger partial charge on any atom is 0.157 e. The van der Waals surface area contributed by atoms with Gasteiger partial charge < -0.3 is 0 Å². The number of carbonyl (C=O) groups excluding carboxylic acids is 2. The van der Waals surface area contributed by atoms with Crippen LogP contribution in [0.4, 0.5) is 0 Å². The minimum absolute atomic E-state index is 0.0457. The third kappa shape index (κ3) is 0.839. The lowest BCUT2D eigenvalue weighted by Gasteiger charge is -2.16. The van der Waals surface area contributed by atoms with Crippen LogP contribution >= 0.6 is 22.6 Å². The summed E-state index contributed by atoms with van der Waals surface area (Å²) in [5.41, 5.74) is 0. The number of ketones is 2. The molecular formula is C10H9IO2. The summed E-state index contributed by atoms with van der Waals surface area (Å²) in [7, 11) is 0. The van der Waals surface area contributed by atoms with Crippen LogP contribution in [-0.2, 0) is 9.59 Å². The van der Waals surface area contributed by atoms with Gasteiger partial charge in [0.05, 0.1) is 0 Å². The van der Waals surface area contributed by atoms with Crippen molar-refractivity contribution >= 4 is 34.2 Å². The molecule has 3 aliphatic rings. The largest absolute Gasteiger partial charge is 0.298 e. The van der Waals surface area contributed by atoms with Crippen molar-refractivity contribution in [2.45, 2.75) is 10.3 Å². The van der Waals surface area contributed by atoms with E-state index in [4.69, 9.17) is 0 Å². The number of hydrogen-bond donors (Lipinski definition) is 0. The molecule has 13 heavy (non-hydrogen) atoms. The molecule has 0 N–H and O–H groups in total. The van der Waals surface area contributed by atoms with E-state index in [0.717, 1.165) is 6.42 Å². The lowest BCUT2D eigenvalue weighted by molar-refractivity contribution is -0.122. The molecule has 4 atom stereocenters. The van der Waals surface area contributed by atoms with E-state index in [-0.39, 0.29) is 27.3 Å². The van der Waals surface area contributed by atoms with Gasteiger partial charge in [-0.3, -0.25) is 9.59 Å². The second kappa shape index (κ2) is 2.43. The molecule has 4 unspecified atom stereocenters. The summed E-state index contributed by atoms with van der Waals surface area (Å²) in [5, 5.41) is 0. The maximum atomic E-state index is 11.7. The Bertz CT molecular complexity index is 304. The highest BCUT2D eigenvalue weighted by atomic mass is 127. The number of alkyl halides is 1. The van der Waals surface area contributed by atoms with Crippen molar-refractivity contribution < 1.29 is 9.59 Å². The van der Waals surface area contributed by atoms with Crippen LogP contribution in [-0.4, -0.2) is 15.5 Å². The minimum Gasteiger partial charge on any atom is -0.298 e. The monoisotopic (exact) mass is 288 g/mol. The maximum absolute atomic E-state index is 11.7. The van der Waals surface area contributed by atoms with Gasteiger partial charge in [0.15, 0.2) is 11.6 Å². The van der Waals surface area contributed by atoms with Crippen LogP contribution in [0.2, 0.25) is 0 Å². The molecule has 2 bridgehead atoms. The molecule has 0 saturated heterocycles. The van der Waals surface area contributed by atoms with E-state index in [9.17, 15) is 9.59 Å². The lowest BCUT2D eigenvalue weighted by atomic mass is 9.85. The Labute approximate surface area is 89.9 Å². The minimum atomic E-state index is -0.349. The van der Waals surface area contributed by atoms with Gasteiger partial charge in [-0.25, -0.2) is 0 Å². The van der Waals surface area contributed by atoms with Crippen molar-refractivity contribution in [3.8, 4) is 0 Å². The molecule has 3 heteroatoms. The highest BCUT2D eigenvalue weighted by Gasteiger charge is 2.58. The fraction of sp³-hybridized carbons (Fsp3) is 0.600. The van der Waals surface area contributed by atoms with Gasteiger partial charge in [-0.1, -0.05) is 34.7 Å². The predicted octanol–water partition coefficient (Wildman–Crippen LogP) is 1.38.